The van der Waals surface area contributed by atoms with Crippen LogP contribution in [0.1, 0.15) is 16.1 Å². The van der Waals surface area contributed by atoms with Gasteiger partial charge in [0.25, 0.3) is 5.91 Å². The van der Waals surface area contributed by atoms with Gasteiger partial charge in [0, 0.05) is 22.9 Å². The topological polar surface area (TPSA) is 73.6 Å². The molecule has 0 aliphatic carbocycles. The lowest BCUT2D eigenvalue weighted by atomic mass is 10.2. The molecule has 0 aliphatic rings. The largest absolute Gasteiger partial charge is 0.497 e. The van der Waals surface area contributed by atoms with E-state index in [9.17, 15) is 4.79 Å². The first-order valence-electron chi connectivity index (χ1n) is 9.39. The number of anilines is 1. The minimum absolute atomic E-state index is 0.173. The molecule has 1 amide bonds. The first kappa shape index (κ1) is 19.3. The molecule has 1 heterocycles. The molecule has 1 aromatic heterocycles. The predicted octanol–water partition coefficient (Wildman–Crippen LogP) is 5.18. The van der Waals surface area contributed by atoms with Gasteiger partial charge in [-0.2, -0.15) is 0 Å². The highest BCUT2D eigenvalue weighted by molar-refractivity contribution is 6.04. The van der Waals surface area contributed by atoms with Gasteiger partial charge in [-0.05, 0) is 48.5 Å². The Labute approximate surface area is 174 Å². The summed E-state index contributed by atoms with van der Waals surface area (Å²) in [4.78, 5) is 16.8. The van der Waals surface area contributed by atoms with E-state index in [1.54, 1.807) is 31.6 Å². The highest BCUT2D eigenvalue weighted by atomic mass is 16.5. The summed E-state index contributed by atoms with van der Waals surface area (Å²) in [5, 5.41) is 2.87. The zero-order valence-corrected chi connectivity index (χ0v) is 16.4. The lowest BCUT2D eigenvalue weighted by Crippen LogP contribution is -2.11. The van der Waals surface area contributed by atoms with Crippen molar-refractivity contribution < 1.29 is 18.7 Å². The number of aromatic nitrogens is 1. The fourth-order valence-corrected chi connectivity index (χ4v) is 2.85. The number of rotatable bonds is 7. The maximum atomic E-state index is 12.3. The van der Waals surface area contributed by atoms with Crippen molar-refractivity contribution in [3.8, 4) is 23.0 Å². The van der Waals surface area contributed by atoms with E-state index in [2.05, 4.69) is 10.3 Å². The third-order valence-electron chi connectivity index (χ3n) is 4.40. The quantitative estimate of drug-likeness (QED) is 0.463. The smallest absolute Gasteiger partial charge is 0.255 e. The first-order valence-corrected chi connectivity index (χ1v) is 9.39. The van der Waals surface area contributed by atoms with Gasteiger partial charge in [-0.1, -0.05) is 24.3 Å². The van der Waals surface area contributed by atoms with Crippen LogP contribution in [0.2, 0.25) is 0 Å². The monoisotopic (exact) mass is 400 g/mol. The molecule has 0 spiro atoms. The van der Waals surface area contributed by atoms with Gasteiger partial charge in [-0.15, -0.1) is 0 Å². The van der Waals surface area contributed by atoms with Crippen molar-refractivity contribution in [1.82, 2.24) is 4.98 Å². The van der Waals surface area contributed by atoms with Gasteiger partial charge in [0.2, 0.25) is 5.89 Å². The number of nitrogens with one attached hydrogen (secondary N) is 1. The van der Waals surface area contributed by atoms with Crippen LogP contribution in [0.25, 0.3) is 11.5 Å². The lowest BCUT2D eigenvalue weighted by Gasteiger charge is -2.08. The molecule has 0 saturated heterocycles. The number of oxazole rings is 1. The molecule has 0 aliphatic heterocycles. The van der Waals surface area contributed by atoms with Crippen molar-refractivity contribution in [2.75, 3.05) is 12.4 Å². The minimum atomic E-state index is -0.173. The Hall–Kier alpha value is -4.06. The number of nitrogens with zero attached hydrogens (tertiary/aromatic N) is 1. The third-order valence-corrected chi connectivity index (χ3v) is 4.40. The van der Waals surface area contributed by atoms with Crippen molar-refractivity contribution in [3.05, 3.63) is 96.4 Å². The average Bonchev–Trinajstić information content (AvgIpc) is 3.28. The van der Waals surface area contributed by atoms with E-state index >= 15 is 0 Å². The van der Waals surface area contributed by atoms with E-state index in [0.717, 1.165) is 11.3 Å². The number of carbonyl (C=O) groups excluding carboxylic acids is 1. The standard InChI is InChI=1S/C24H20N2O4/c1-28-21-12-10-18(11-13-21)24-26-20(16-30-24)15-29-22-9-5-8-19(14-22)25-23(27)17-6-3-2-4-7-17/h2-14,16H,15H2,1H3,(H,25,27). The van der Waals surface area contributed by atoms with Crippen molar-refractivity contribution in [3.63, 3.8) is 0 Å². The summed E-state index contributed by atoms with van der Waals surface area (Å²) >= 11 is 0. The van der Waals surface area contributed by atoms with E-state index in [1.165, 1.54) is 0 Å². The first-order chi connectivity index (χ1) is 14.7. The summed E-state index contributed by atoms with van der Waals surface area (Å²) in [7, 11) is 1.62. The molecule has 150 valence electrons. The zero-order valence-electron chi connectivity index (χ0n) is 16.4. The molecule has 4 rings (SSSR count). The van der Waals surface area contributed by atoms with E-state index in [-0.39, 0.29) is 12.5 Å². The van der Waals surface area contributed by atoms with Crippen LogP contribution in [0.3, 0.4) is 0 Å². The molecule has 1 N–H and O–H groups in total. The Morgan fingerprint density at radius 2 is 1.77 bits per heavy atom. The van der Waals surface area contributed by atoms with Crippen molar-refractivity contribution in [2.45, 2.75) is 6.61 Å². The van der Waals surface area contributed by atoms with Gasteiger partial charge in [0.1, 0.15) is 30.1 Å². The number of hydrogen-bond acceptors (Lipinski definition) is 5. The molecular formula is C24H20N2O4. The highest BCUT2D eigenvalue weighted by Gasteiger charge is 2.09. The SMILES string of the molecule is COc1ccc(-c2nc(COc3cccc(NC(=O)c4ccccc4)c3)co2)cc1. The van der Waals surface area contributed by atoms with E-state index in [4.69, 9.17) is 13.9 Å². The molecule has 0 unspecified atom stereocenters. The van der Waals surface area contributed by atoms with E-state index < -0.39 is 0 Å². The summed E-state index contributed by atoms with van der Waals surface area (Å²) in [6, 6.07) is 23.7. The molecule has 30 heavy (non-hydrogen) atoms. The van der Waals surface area contributed by atoms with Gasteiger partial charge < -0.3 is 19.2 Å². The number of ether oxygens (including phenoxy) is 2. The summed E-state index contributed by atoms with van der Waals surface area (Å²) in [5.74, 6) is 1.73. The maximum absolute atomic E-state index is 12.3. The molecule has 0 radical (unpaired) electrons. The second kappa shape index (κ2) is 8.96. The van der Waals surface area contributed by atoms with Crippen molar-refractivity contribution >= 4 is 11.6 Å². The molecule has 0 fully saturated rings. The minimum Gasteiger partial charge on any atom is -0.497 e. The van der Waals surface area contributed by atoms with Crippen LogP contribution < -0.4 is 14.8 Å². The van der Waals surface area contributed by atoms with Crippen LogP contribution >= 0.6 is 0 Å². The summed E-state index contributed by atoms with van der Waals surface area (Å²) < 4.78 is 16.5. The molecule has 3 aromatic carbocycles. The lowest BCUT2D eigenvalue weighted by molar-refractivity contribution is 0.102. The van der Waals surface area contributed by atoms with Crippen LogP contribution in [0, 0.1) is 0 Å². The van der Waals surface area contributed by atoms with Crippen LogP contribution in [-0.2, 0) is 6.61 Å². The number of methoxy groups -OCH3 is 1. The number of amides is 1. The molecule has 6 nitrogen and oxygen atoms in total. The number of carbonyl (C=O) groups is 1. The highest BCUT2D eigenvalue weighted by Crippen LogP contribution is 2.23. The second-order valence-corrected chi connectivity index (χ2v) is 6.51. The Morgan fingerprint density at radius 3 is 2.53 bits per heavy atom. The Morgan fingerprint density at radius 1 is 0.967 bits per heavy atom. The van der Waals surface area contributed by atoms with Crippen molar-refractivity contribution in [2.24, 2.45) is 0 Å². The van der Waals surface area contributed by atoms with Gasteiger partial charge in [-0.3, -0.25) is 4.79 Å². The van der Waals surface area contributed by atoms with Crippen molar-refractivity contribution in [1.29, 1.82) is 0 Å². The maximum Gasteiger partial charge on any atom is 0.255 e. The van der Waals surface area contributed by atoms with E-state index in [1.807, 2.05) is 60.7 Å². The fourth-order valence-electron chi connectivity index (χ4n) is 2.85. The molecular weight excluding hydrogens is 380 g/mol. The summed E-state index contributed by atoms with van der Waals surface area (Å²) in [5.41, 5.74) is 2.77. The van der Waals surface area contributed by atoms with Gasteiger partial charge in [0.15, 0.2) is 0 Å². The Bertz CT molecular complexity index is 1120. The number of benzene rings is 3. The van der Waals surface area contributed by atoms with Crippen LogP contribution in [0.4, 0.5) is 5.69 Å². The Kier molecular flexibility index (Phi) is 5.75. The summed E-state index contributed by atoms with van der Waals surface area (Å²) in [6.45, 7) is 0.246. The predicted molar refractivity (Wildman–Crippen MR) is 114 cm³/mol. The van der Waals surface area contributed by atoms with Gasteiger partial charge >= 0.3 is 0 Å². The third kappa shape index (κ3) is 4.67. The van der Waals surface area contributed by atoms with Crippen LogP contribution in [0.15, 0.2) is 89.5 Å². The zero-order chi connectivity index (χ0) is 20.8. The van der Waals surface area contributed by atoms with Crippen LogP contribution in [0.5, 0.6) is 11.5 Å². The molecule has 0 bridgehead atoms. The number of hydrogen-bond donors (Lipinski definition) is 1. The molecule has 0 atom stereocenters. The molecule has 6 heteroatoms. The second-order valence-electron chi connectivity index (χ2n) is 6.51. The Balaban J connectivity index is 1.38. The van der Waals surface area contributed by atoms with Crippen LogP contribution in [-0.4, -0.2) is 18.0 Å². The molecule has 4 aromatic rings. The summed E-state index contributed by atoms with van der Waals surface area (Å²) in [6.07, 6.45) is 1.57. The fraction of sp³-hybridized carbons (Fsp3) is 0.0833. The van der Waals surface area contributed by atoms with Gasteiger partial charge in [-0.25, -0.2) is 4.98 Å². The van der Waals surface area contributed by atoms with E-state index in [0.29, 0.717) is 28.6 Å². The normalized spacial score (nSPS) is 10.4. The molecule has 0 saturated carbocycles. The average molecular weight is 400 g/mol. The van der Waals surface area contributed by atoms with Gasteiger partial charge in [0.05, 0.1) is 7.11 Å².